The number of ether oxygens (including phenoxy) is 1. The van der Waals surface area contributed by atoms with Crippen molar-refractivity contribution in [3.8, 4) is 0 Å². The molecule has 0 bridgehead atoms. The minimum atomic E-state index is -2.87. The van der Waals surface area contributed by atoms with Crippen molar-refractivity contribution in [1.29, 1.82) is 0 Å². The van der Waals surface area contributed by atoms with E-state index >= 15 is 0 Å². The van der Waals surface area contributed by atoms with Crippen molar-refractivity contribution in [2.45, 2.75) is 83.1 Å². The molecule has 4 aromatic carbocycles. The summed E-state index contributed by atoms with van der Waals surface area (Å²) in [4.78, 5) is 12.8. The molecule has 1 aliphatic heterocycles. The first kappa shape index (κ1) is 33.6. The molecule has 0 spiro atoms. The highest BCUT2D eigenvalue weighted by molar-refractivity contribution is 7.00. The second kappa shape index (κ2) is 13.3. The highest BCUT2D eigenvalue weighted by atomic mass is 28.4. The lowest BCUT2D eigenvalue weighted by Crippen LogP contribution is -2.70. The van der Waals surface area contributed by atoms with Crippen molar-refractivity contribution < 1.29 is 18.4 Å². The zero-order valence-corrected chi connectivity index (χ0v) is 30.8. The summed E-state index contributed by atoms with van der Waals surface area (Å²) < 4.78 is 21.4. The molecule has 0 N–H and O–H groups in total. The smallest absolute Gasteiger partial charge is 0.306 e. The number of cyclic esters (lactones) is 1. The van der Waals surface area contributed by atoms with E-state index in [1.807, 2.05) is 0 Å². The van der Waals surface area contributed by atoms with E-state index in [2.05, 4.69) is 163 Å². The van der Waals surface area contributed by atoms with Crippen LogP contribution >= 0.6 is 0 Å². The van der Waals surface area contributed by atoms with Crippen molar-refractivity contribution >= 4 is 43.4 Å². The van der Waals surface area contributed by atoms with Gasteiger partial charge < -0.3 is 13.6 Å². The number of carbonyl (C=O) groups is 1. The molecule has 4 atom stereocenters. The Morgan fingerprint density at radius 2 is 0.957 bits per heavy atom. The van der Waals surface area contributed by atoms with Gasteiger partial charge in [-0.15, -0.1) is 0 Å². The highest BCUT2D eigenvalue weighted by Gasteiger charge is 2.57. The molecule has 0 unspecified atom stereocenters. The maximum atomic E-state index is 12.8. The summed E-state index contributed by atoms with van der Waals surface area (Å²) in [6.07, 6.45) is 1.79. The van der Waals surface area contributed by atoms with Crippen molar-refractivity contribution in [3.05, 3.63) is 121 Å². The second-order valence-corrected chi connectivity index (χ2v) is 24.0. The van der Waals surface area contributed by atoms with Crippen molar-refractivity contribution in [3.63, 3.8) is 0 Å². The van der Waals surface area contributed by atoms with Crippen LogP contribution in [0.5, 0.6) is 0 Å². The Balaban J connectivity index is 1.47. The van der Waals surface area contributed by atoms with Crippen LogP contribution in [0.1, 0.15) is 60.8 Å². The van der Waals surface area contributed by atoms with E-state index < -0.39 is 16.6 Å². The fraction of sp³-hybridized carbons (Fsp3) is 0.390. The van der Waals surface area contributed by atoms with E-state index in [-0.39, 0.29) is 40.1 Å². The summed E-state index contributed by atoms with van der Waals surface area (Å²) in [6.45, 7) is 14.4. The standard InChI is InChI=1S/C41H50O4Si2/c1-40(2,3)46(33-19-11-7-12-20-33,34-21-13-8-14-22-34)44-32-27-31-28-39(42)43-30-37(31)38(29-32)45-47(41(4,5)6,35-23-15-9-16-24-35)36-25-17-10-18-26-36/h7-26,31-32,37-38H,27-30H2,1-6H3/t31-,32-,37+,38+/m1/s1. The van der Waals surface area contributed by atoms with Gasteiger partial charge in [0.05, 0.1) is 12.7 Å². The number of carbonyl (C=O) groups excluding carboxylic acids is 1. The number of hydrogen-bond acceptors (Lipinski definition) is 4. The minimum Gasteiger partial charge on any atom is -0.465 e. The van der Waals surface area contributed by atoms with E-state index in [0.29, 0.717) is 13.0 Å². The van der Waals surface area contributed by atoms with Crippen molar-refractivity contribution in [2.24, 2.45) is 11.8 Å². The van der Waals surface area contributed by atoms with Crippen LogP contribution in [0.2, 0.25) is 10.1 Å². The van der Waals surface area contributed by atoms with Gasteiger partial charge >= 0.3 is 5.97 Å². The van der Waals surface area contributed by atoms with Gasteiger partial charge in [-0.25, -0.2) is 0 Å². The molecule has 2 fully saturated rings. The molecule has 1 heterocycles. The van der Waals surface area contributed by atoms with Gasteiger partial charge in [0.2, 0.25) is 0 Å². The molecule has 47 heavy (non-hydrogen) atoms. The lowest BCUT2D eigenvalue weighted by Gasteiger charge is -2.52. The lowest BCUT2D eigenvalue weighted by molar-refractivity contribution is -0.161. The summed E-state index contributed by atoms with van der Waals surface area (Å²) >= 11 is 0. The maximum Gasteiger partial charge on any atom is 0.306 e. The number of benzene rings is 4. The number of fused-ring (bicyclic) bond motifs is 1. The van der Waals surface area contributed by atoms with E-state index in [9.17, 15) is 4.79 Å². The molecule has 1 saturated heterocycles. The van der Waals surface area contributed by atoms with Gasteiger partial charge in [0.1, 0.15) is 0 Å². The average molecular weight is 663 g/mol. The Morgan fingerprint density at radius 3 is 1.34 bits per heavy atom. The third-order valence-electron chi connectivity index (χ3n) is 10.5. The van der Waals surface area contributed by atoms with Gasteiger partial charge in [-0.2, -0.15) is 0 Å². The molecular formula is C41H50O4Si2. The van der Waals surface area contributed by atoms with Crippen molar-refractivity contribution in [1.82, 2.24) is 0 Å². The predicted octanol–water partition coefficient (Wildman–Crippen LogP) is 6.85. The number of rotatable bonds is 8. The van der Waals surface area contributed by atoms with Gasteiger partial charge in [0, 0.05) is 18.4 Å². The number of esters is 1. The van der Waals surface area contributed by atoms with E-state index in [1.54, 1.807) is 0 Å². The van der Waals surface area contributed by atoms with Crippen LogP contribution in [-0.4, -0.2) is 41.4 Å². The molecule has 6 heteroatoms. The maximum absolute atomic E-state index is 12.8. The molecule has 0 aromatic heterocycles. The van der Waals surface area contributed by atoms with Crippen LogP contribution in [0.25, 0.3) is 0 Å². The molecule has 6 rings (SSSR count). The third kappa shape index (κ3) is 6.33. The van der Waals surface area contributed by atoms with Crippen LogP contribution in [-0.2, 0) is 18.4 Å². The summed E-state index contributed by atoms with van der Waals surface area (Å²) in [5.74, 6) is 0.145. The Bertz CT molecular complexity index is 1540. The summed E-state index contributed by atoms with van der Waals surface area (Å²) in [5.41, 5.74) is 0. The van der Waals surface area contributed by atoms with Crippen LogP contribution in [0.4, 0.5) is 0 Å². The second-order valence-electron chi connectivity index (χ2n) is 15.5. The fourth-order valence-corrected chi connectivity index (χ4v) is 17.8. The van der Waals surface area contributed by atoms with Crippen LogP contribution in [0.15, 0.2) is 121 Å². The first-order chi connectivity index (χ1) is 22.5. The van der Waals surface area contributed by atoms with Crippen LogP contribution in [0, 0.1) is 11.8 Å². The zero-order valence-electron chi connectivity index (χ0n) is 28.8. The molecule has 0 radical (unpaired) electrons. The molecule has 0 amide bonds. The summed E-state index contributed by atoms with van der Waals surface area (Å²) in [6, 6.07) is 43.5. The topological polar surface area (TPSA) is 44.8 Å². The monoisotopic (exact) mass is 662 g/mol. The zero-order chi connectivity index (χ0) is 33.3. The molecule has 1 aliphatic carbocycles. The Morgan fingerprint density at radius 1 is 0.574 bits per heavy atom. The normalized spacial score (nSPS) is 22.3. The lowest BCUT2D eigenvalue weighted by atomic mass is 9.74. The third-order valence-corrected chi connectivity index (χ3v) is 20.7. The summed E-state index contributed by atoms with van der Waals surface area (Å²) in [7, 11) is -5.69. The first-order valence-electron chi connectivity index (χ1n) is 17.2. The molecule has 246 valence electrons. The van der Waals surface area contributed by atoms with E-state index in [0.717, 1.165) is 12.8 Å². The molecule has 4 aromatic rings. The average Bonchev–Trinajstić information content (AvgIpc) is 3.06. The Hall–Kier alpha value is -3.30. The largest absolute Gasteiger partial charge is 0.465 e. The van der Waals surface area contributed by atoms with E-state index in [4.69, 9.17) is 13.6 Å². The predicted molar refractivity (Wildman–Crippen MR) is 197 cm³/mol. The minimum absolute atomic E-state index is 0.0725. The summed E-state index contributed by atoms with van der Waals surface area (Å²) in [5, 5.41) is 4.76. The van der Waals surface area contributed by atoms with Crippen molar-refractivity contribution in [2.75, 3.05) is 6.61 Å². The van der Waals surface area contributed by atoms with Gasteiger partial charge in [-0.1, -0.05) is 163 Å². The van der Waals surface area contributed by atoms with Crippen LogP contribution < -0.4 is 20.7 Å². The number of hydrogen-bond donors (Lipinski definition) is 0. The molecule has 2 aliphatic rings. The van der Waals surface area contributed by atoms with Gasteiger partial charge in [-0.3, -0.25) is 4.79 Å². The molecular weight excluding hydrogens is 613 g/mol. The van der Waals surface area contributed by atoms with Gasteiger partial charge in [-0.05, 0) is 49.6 Å². The Labute approximate surface area is 283 Å². The first-order valence-corrected chi connectivity index (χ1v) is 21.0. The molecule has 4 nitrogen and oxygen atoms in total. The van der Waals surface area contributed by atoms with Gasteiger partial charge in [0.25, 0.3) is 16.6 Å². The van der Waals surface area contributed by atoms with Crippen LogP contribution in [0.3, 0.4) is 0 Å². The SMILES string of the molecule is CC(C)(C)[Si](O[C@@H]1C[C@@H]2CC(=O)OC[C@@H]2[C@@H](O[Si](c2ccccc2)(c2ccccc2)C(C)(C)C)C1)(c1ccccc1)c1ccccc1. The van der Waals surface area contributed by atoms with Gasteiger partial charge in [0.15, 0.2) is 0 Å². The fourth-order valence-electron chi connectivity index (χ4n) is 8.38. The highest BCUT2D eigenvalue weighted by Crippen LogP contribution is 2.46. The quantitative estimate of drug-likeness (QED) is 0.153. The van der Waals surface area contributed by atoms with E-state index in [1.165, 1.54) is 20.7 Å². The Kier molecular flexibility index (Phi) is 9.51. The molecule has 1 saturated carbocycles.